The van der Waals surface area contributed by atoms with Gasteiger partial charge in [0.05, 0.1) is 0 Å². The summed E-state index contributed by atoms with van der Waals surface area (Å²) in [6.07, 6.45) is 11.5. The molecule has 0 amide bonds. The zero-order valence-electron chi connectivity index (χ0n) is 9.55. The van der Waals surface area contributed by atoms with Gasteiger partial charge in [-0.25, -0.2) is 0 Å². The van der Waals surface area contributed by atoms with Crippen LogP contribution in [0.2, 0.25) is 0 Å². The Morgan fingerprint density at radius 3 is 2.71 bits per heavy atom. The highest BCUT2D eigenvalue weighted by atomic mass is 14.9. The van der Waals surface area contributed by atoms with E-state index in [4.69, 9.17) is 6.42 Å². The van der Waals surface area contributed by atoms with E-state index in [9.17, 15) is 0 Å². The van der Waals surface area contributed by atoms with Crippen LogP contribution in [0.15, 0.2) is 0 Å². The van der Waals surface area contributed by atoms with Crippen LogP contribution < -0.4 is 5.32 Å². The molecule has 1 heteroatoms. The van der Waals surface area contributed by atoms with Crippen molar-refractivity contribution in [1.82, 2.24) is 5.32 Å². The average molecular weight is 193 g/mol. The number of unbranched alkanes of at least 4 members (excludes halogenated alkanes) is 1. The molecule has 1 aliphatic rings. The number of hydrogen-bond acceptors (Lipinski definition) is 1. The second-order valence-corrected chi connectivity index (χ2v) is 4.46. The number of nitrogens with one attached hydrogen (secondary N) is 1. The van der Waals surface area contributed by atoms with Crippen molar-refractivity contribution >= 4 is 0 Å². The first kappa shape index (κ1) is 11.6. The van der Waals surface area contributed by atoms with Crippen LogP contribution in [0.25, 0.3) is 0 Å². The molecule has 1 rings (SSSR count). The predicted molar refractivity (Wildman–Crippen MR) is 62.0 cm³/mol. The molecule has 0 aliphatic heterocycles. The van der Waals surface area contributed by atoms with Crippen molar-refractivity contribution in [3.05, 3.63) is 0 Å². The Hall–Kier alpha value is -0.480. The van der Waals surface area contributed by atoms with E-state index in [-0.39, 0.29) is 0 Å². The summed E-state index contributed by atoms with van der Waals surface area (Å²) in [7, 11) is 0. The molecule has 0 heterocycles. The standard InChI is InChI=1S/C13H23N/c1-4-6-7-8-13(14-5-2)11(3)12-9-10-12/h1,11-14H,5-10H2,2-3H3. The van der Waals surface area contributed by atoms with Gasteiger partial charge >= 0.3 is 0 Å². The quantitative estimate of drug-likeness (QED) is 0.484. The molecule has 0 spiro atoms. The molecule has 1 fully saturated rings. The molecule has 80 valence electrons. The van der Waals surface area contributed by atoms with Crippen molar-refractivity contribution in [2.75, 3.05) is 6.54 Å². The maximum Gasteiger partial charge on any atom is 0.00955 e. The molecule has 0 aromatic carbocycles. The molecule has 14 heavy (non-hydrogen) atoms. The van der Waals surface area contributed by atoms with Crippen molar-refractivity contribution in [3.8, 4) is 12.3 Å². The molecule has 1 nitrogen and oxygen atoms in total. The molecule has 1 N–H and O–H groups in total. The molecule has 0 aromatic rings. The molecule has 1 aliphatic carbocycles. The number of terminal acetylenes is 1. The Bertz CT molecular complexity index is 188. The lowest BCUT2D eigenvalue weighted by atomic mass is 9.92. The molecular formula is C13H23N. The van der Waals surface area contributed by atoms with E-state index in [0.29, 0.717) is 6.04 Å². The third kappa shape index (κ3) is 3.72. The second kappa shape index (κ2) is 6.09. The van der Waals surface area contributed by atoms with Gasteiger partial charge in [0.25, 0.3) is 0 Å². The number of rotatable bonds is 7. The topological polar surface area (TPSA) is 12.0 Å². The van der Waals surface area contributed by atoms with Crippen LogP contribution in [0.5, 0.6) is 0 Å². The Labute approximate surface area is 88.7 Å². The summed E-state index contributed by atoms with van der Waals surface area (Å²) in [5.41, 5.74) is 0. The minimum absolute atomic E-state index is 0.695. The van der Waals surface area contributed by atoms with Gasteiger partial charge < -0.3 is 5.32 Å². The Morgan fingerprint density at radius 1 is 1.50 bits per heavy atom. The van der Waals surface area contributed by atoms with E-state index in [1.807, 2.05) is 0 Å². The van der Waals surface area contributed by atoms with E-state index < -0.39 is 0 Å². The smallest absolute Gasteiger partial charge is 0.00955 e. The van der Waals surface area contributed by atoms with E-state index in [2.05, 4.69) is 25.1 Å². The lowest BCUT2D eigenvalue weighted by Crippen LogP contribution is -2.35. The first-order valence-electron chi connectivity index (χ1n) is 5.96. The summed E-state index contributed by atoms with van der Waals surface area (Å²) in [4.78, 5) is 0. The average Bonchev–Trinajstić information content (AvgIpc) is 2.99. The van der Waals surface area contributed by atoms with Gasteiger partial charge in [-0.15, -0.1) is 12.3 Å². The van der Waals surface area contributed by atoms with Gasteiger partial charge in [-0.1, -0.05) is 13.8 Å². The highest BCUT2D eigenvalue weighted by Gasteiger charge is 2.32. The van der Waals surface area contributed by atoms with Gasteiger partial charge in [0.1, 0.15) is 0 Å². The number of hydrogen-bond donors (Lipinski definition) is 1. The summed E-state index contributed by atoms with van der Waals surface area (Å²) in [6.45, 7) is 5.66. The van der Waals surface area contributed by atoms with Gasteiger partial charge in [0.2, 0.25) is 0 Å². The van der Waals surface area contributed by atoms with Crippen LogP contribution in [0.3, 0.4) is 0 Å². The molecule has 0 bridgehead atoms. The maximum absolute atomic E-state index is 5.27. The molecule has 2 atom stereocenters. The van der Waals surface area contributed by atoms with E-state index in [1.165, 1.54) is 25.7 Å². The van der Waals surface area contributed by atoms with Crippen LogP contribution >= 0.6 is 0 Å². The molecule has 0 radical (unpaired) electrons. The third-order valence-corrected chi connectivity index (χ3v) is 3.30. The fourth-order valence-electron chi connectivity index (χ4n) is 2.19. The molecule has 0 saturated heterocycles. The van der Waals surface area contributed by atoms with Crippen LogP contribution in [0.4, 0.5) is 0 Å². The Morgan fingerprint density at radius 2 is 2.21 bits per heavy atom. The van der Waals surface area contributed by atoms with Gasteiger partial charge in [-0.2, -0.15) is 0 Å². The Kier molecular flexibility index (Phi) is 5.04. The molecule has 1 saturated carbocycles. The SMILES string of the molecule is C#CCCCC(NCC)C(C)C1CC1. The normalized spacial score (nSPS) is 20.1. The molecule has 2 unspecified atom stereocenters. The summed E-state index contributed by atoms with van der Waals surface area (Å²) < 4.78 is 0. The fourth-order valence-corrected chi connectivity index (χ4v) is 2.19. The van der Waals surface area contributed by atoms with Crippen molar-refractivity contribution in [2.45, 2.75) is 52.0 Å². The zero-order valence-corrected chi connectivity index (χ0v) is 9.55. The third-order valence-electron chi connectivity index (χ3n) is 3.30. The second-order valence-electron chi connectivity index (χ2n) is 4.46. The first-order valence-corrected chi connectivity index (χ1v) is 5.96. The van der Waals surface area contributed by atoms with Crippen molar-refractivity contribution in [1.29, 1.82) is 0 Å². The zero-order chi connectivity index (χ0) is 10.4. The van der Waals surface area contributed by atoms with Gasteiger partial charge in [-0.3, -0.25) is 0 Å². The predicted octanol–water partition coefficient (Wildman–Crippen LogP) is 2.81. The first-order chi connectivity index (χ1) is 6.79. The largest absolute Gasteiger partial charge is 0.314 e. The maximum atomic E-state index is 5.27. The van der Waals surface area contributed by atoms with E-state index in [1.54, 1.807) is 0 Å². The van der Waals surface area contributed by atoms with Crippen LogP contribution in [0.1, 0.15) is 46.0 Å². The van der Waals surface area contributed by atoms with Crippen molar-refractivity contribution in [3.63, 3.8) is 0 Å². The minimum Gasteiger partial charge on any atom is -0.314 e. The lowest BCUT2D eigenvalue weighted by Gasteiger charge is -2.24. The van der Waals surface area contributed by atoms with E-state index >= 15 is 0 Å². The van der Waals surface area contributed by atoms with Gasteiger partial charge in [0, 0.05) is 12.5 Å². The van der Waals surface area contributed by atoms with Crippen LogP contribution in [-0.2, 0) is 0 Å². The summed E-state index contributed by atoms with van der Waals surface area (Å²) in [6, 6.07) is 0.695. The van der Waals surface area contributed by atoms with E-state index in [0.717, 1.165) is 24.8 Å². The lowest BCUT2D eigenvalue weighted by molar-refractivity contribution is 0.325. The molecular weight excluding hydrogens is 170 g/mol. The van der Waals surface area contributed by atoms with Crippen LogP contribution in [0, 0.1) is 24.2 Å². The minimum atomic E-state index is 0.695. The summed E-state index contributed by atoms with van der Waals surface area (Å²) >= 11 is 0. The Balaban J connectivity index is 2.26. The fraction of sp³-hybridized carbons (Fsp3) is 0.846. The highest BCUT2D eigenvalue weighted by molar-refractivity contribution is 4.88. The van der Waals surface area contributed by atoms with Crippen molar-refractivity contribution < 1.29 is 0 Å². The summed E-state index contributed by atoms with van der Waals surface area (Å²) in [5, 5.41) is 3.59. The monoisotopic (exact) mass is 193 g/mol. The highest BCUT2D eigenvalue weighted by Crippen LogP contribution is 2.39. The molecule has 0 aromatic heterocycles. The summed E-state index contributed by atoms with van der Waals surface area (Å²) in [5.74, 6) is 4.55. The van der Waals surface area contributed by atoms with Crippen molar-refractivity contribution in [2.24, 2.45) is 11.8 Å². The van der Waals surface area contributed by atoms with Crippen LogP contribution in [-0.4, -0.2) is 12.6 Å². The van der Waals surface area contributed by atoms with Gasteiger partial charge in [-0.05, 0) is 44.1 Å². The van der Waals surface area contributed by atoms with Gasteiger partial charge in [0.15, 0.2) is 0 Å².